The molecule has 7 heteroatoms. The maximum Gasteiger partial charge on any atom is 0.217 e. The summed E-state index contributed by atoms with van der Waals surface area (Å²) in [6.45, 7) is 3.67. The molecule has 1 aliphatic heterocycles. The van der Waals surface area contributed by atoms with E-state index in [1.54, 1.807) is 12.4 Å². The summed E-state index contributed by atoms with van der Waals surface area (Å²) < 4.78 is 0. The zero-order chi connectivity index (χ0) is 16.9. The average molecular weight is 346 g/mol. The number of aromatic nitrogens is 3. The van der Waals surface area contributed by atoms with Crippen molar-refractivity contribution in [1.82, 2.24) is 25.2 Å². The van der Waals surface area contributed by atoms with Gasteiger partial charge in [0.2, 0.25) is 5.91 Å². The molecule has 0 bridgehead atoms. The van der Waals surface area contributed by atoms with E-state index in [4.69, 9.17) is 11.6 Å². The largest absolute Gasteiger partial charge is 0.351 e. The Bertz CT molecular complexity index is 706. The molecule has 1 atom stereocenters. The molecule has 0 aliphatic carbocycles. The fraction of sp³-hybridized carbons (Fsp3) is 0.412. The molecular formula is C17H20ClN5O. The van der Waals surface area contributed by atoms with Crippen molar-refractivity contribution in [1.29, 1.82) is 0 Å². The second-order valence-electron chi connectivity index (χ2n) is 5.94. The Labute approximate surface area is 146 Å². The Kier molecular flexibility index (Phi) is 5.37. The van der Waals surface area contributed by atoms with Gasteiger partial charge in [-0.15, -0.1) is 0 Å². The topological polar surface area (TPSA) is 71.0 Å². The Hall–Kier alpha value is -2.05. The average Bonchev–Trinajstić information content (AvgIpc) is 3.03. The minimum Gasteiger partial charge on any atom is -0.351 e. The number of pyridine rings is 1. The summed E-state index contributed by atoms with van der Waals surface area (Å²) in [5.74, 6) is -0.0708. The van der Waals surface area contributed by atoms with E-state index in [0.29, 0.717) is 11.6 Å². The van der Waals surface area contributed by atoms with E-state index in [0.717, 1.165) is 43.0 Å². The van der Waals surface area contributed by atoms with Gasteiger partial charge in [0.05, 0.1) is 47.1 Å². The fourth-order valence-corrected chi connectivity index (χ4v) is 3.05. The van der Waals surface area contributed by atoms with Gasteiger partial charge in [0.25, 0.3) is 0 Å². The predicted octanol–water partition coefficient (Wildman–Crippen LogP) is 2.50. The van der Waals surface area contributed by atoms with Crippen molar-refractivity contribution in [3.05, 3.63) is 52.8 Å². The standard InChI is InChI=1S/C17H20ClN5O/c1-12(24)20-9-15-8-19-10-16(22-15)17-3-2-6-23(17)11-14-5-4-13(18)7-21-14/h4-5,7-8,10,17H,2-3,6,9,11H2,1H3,(H,20,24)/t17-/m0/s1. The van der Waals surface area contributed by atoms with Crippen molar-refractivity contribution in [2.75, 3.05) is 6.54 Å². The van der Waals surface area contributed by atoms with Gasteiger partial charge in [0.15, 0.2) is 0 Å². The smallest absolute Gasteiger partial charge is 0.217 e. The predicted molar refractivity (Wildman–Crippen MR) is 91.2 cm³/mol. The first kappa shape index (κ1) is 16.8. The summed E-state index contributed by atoms with van der Waals surface area (Å²) in [5.41, 5.74) is 2.72. The van der Waals surface area contributed by atoms with Crippen LogP contribution in [0.5, 0.6) is 0 Å². The molecule has 0 unspecified atom stereocenters. The third-order valence-corrected chi connectivity index (χ3v) is 4.30. The van der Waals surface area contributed by atoms with Gasteiger partial charge in [-0.25, -0.2) is 0 Å². The molecule has 1 fully saturated rings. The van der Waals surface area contributed by atoms with E-state index in [1.165, 1.54) is 6.92 Å². The summed E-state index contributed by atoms with van der Waals surface area (Å²) >= 11 is 5.90. The molecule has 126 valence electrons. The van der Waals surface area contributed by atoms with Gasteiger partial charge in [-0.05, 0) is 31.5 Å². The van der Waals surface area contributed by atoms with Crippen LogP contribution in [0.1, 0.15) is 42.9 Å². The lowest BCUT2D eigenvalue weighted by atomic mass is 10.1. The Morgan fingerprint density at radius 3 is 2.96 bits per heavy atom. The number of likely N-dealkylation sites (tertiary alicyclic amines) is 1. The quantitative estimate of drug-likeness (QED) is 0.901. The molecule has 6 nitrogen and oxygen atoms in total. The van der Waals surface area contributed by atoms with E-state index in [9.17, 15) is 4.79 Å². The number of hydrogen-bond acceptors (Lipinski definition) is 5. The Morgan fingerprint density at radius 2 is 2.21 bits per heavy atom. The van der Waals surface area contributed by atoms with Crippen LogP contribution in [0.3, 0.4) is 0 Å². The molecule has 0 saturated carbocycles. The highest BCUT2D eigenvalue weighted by atomic mass is 35.5. The highest BCUT2D eigenvalue weighted by Gasteiger charge is 2.27. The van der Waals surface area contributed by atoms with Gasteiger partial charge >= 0.3 is 0 Å². The summed E-state index contributed by atoms with van der Waals surface area (Å²) in [5, 5.41) is 3.40. The fourth-order valence-electron chi connectivity index (χ4n) is 2.94. The molecule has 2 aromatic rings. The second kappa shape index (κ2) is 7.68. The van der Waals surface area contributed by atoms with E-state index in [2.05, 4.69) is 25.2 Å². The molecule has 0 aromatic carbocycles. The van der Waals surface area contributed by atoms with Gasteiger partial charge in [-0.3, -0.25) is 24.6 Å². The molecule has 1 amide bonds. The first-order valence-electron chi connectivity index (χ1n) is 8.01. The third kappa shape index (κ3) is 4.27. The van der Waals surface area contributed by atoms with E-state index in [1.807, 2.05) is 18.3 Å². The highest BCUT2D eigenvalue weighted by Crippen LogP contribution is 2.31. The van der Waals surface area contributed by atoms with Crippen molar-refractivity contribution in [2.24, 2.45) is 0 Å². The van der Waals surface area contributed by atoms with Crippen LogP contribution in [0, 0.1) is 0 Å². The van der Waals surface area contributed by atoms with Crippen LogP contribution in [0.4, 0.5) is 0 Å². The van der Waals surface area contributed by atoms with Crippen LogP contribution in [0.2, 0.25) is 5.02 Å². The Balaban J connectivity index is 1.71. The van der Waals surface area contributed by atoms with Crippen molar-refractivity contribution in [2.45, 2.75) is 38.9 Å². The lowest BCUT2D eigenvalue weighted by Crippen LogP contribution is -2.25. The number of amides is 1. The summed E-state index contributed by atoms with van der Waals surface area (Å²) in [7, 11) is 0. The van der Waals surface area contributed by atoms with Gasteiger partial charge in [-0.2, -0.15) is 0 Å². The van der Waals surface area contributed by atoms with Crippen LogP contribution >= 0.6 is 11.6 Å². The third-order valence-electron chi connectivity index (χ3n) is 4.08. The summed E-state index contributed by atoms with van der Waals surface area (Å²) in [4.78, 5) is 26.8. The van der Waals surface area contributed by atoms with E-state index in [-0.39, 0.29) is 11.9 Å². The molecular weight excluding hydrogens is 326 g/mol. The number of nitrogens with one attached hydrogen (secondary N) is 1. The SMILES string of the molecule is CC(=O)NCc1cncc([C@@H]2CCCN2Cc2ccc(Cl)cn2)n1. The number of carbonyl (C=O) groups excluding carboxylic acids is 1. The van der Waals surface area contributed by atoms with Crippen molar-refractivity contribution in [3.8, 4) is 0 Å². The molecule has 2 aromatic heterocycles. The molecule has 3 heterocycles. The van der Waals surface area contributed by atoms with Crippen LogP contribution in [0.25, 0.3) is 0 Å². The first-order valence-corrected chi connectivity index (χ1v) is 8.39. The first-order chi connectivity index (χ1) is 11.6. The van der Waals surface area contributed by atoms with Gasteiger partial charge in [-0.1, -0.05) is 11.6 Å². The van der Waals surface area contributed by atoms with Crippen LogP contribution in [-0.2, 0) is 17.9 Å². The zero-order valence-electron chi connectivity index (χ0n) is 13.6. The molecule has 1 saturated heterocycles. The maximum absolute atomic E-state index is 11.1. The van der Waals surface area contributed by atoms with Gasteiger partial charge in [0, 0.05) is 19.7 Å². The molecule has 24 heavy (non-hydrogen) atoms. The molecule has 3 rings (SSSR count). The summed E-state index contributed by atoms with van der Waals surface area (Å²) in [6.07, 6.45) is 7.35. The maximum atomic E-state index is 11.1. The van der Waals surface area contributed by atoms with E-state index >= 15 is 0 Å². The lowest BCUT2D eigenvalue weighted by Gasteiger charge is -2.23. The Morgan fingerprint density at radius 1 is 1.33 bits per heavy atom. The van der Waals surface area contributed by atoms with Gasteiger partial charge < -0.3 is 5.32 Å². The minimum absolute atomic E-state index is 0.0708. The molecule has 1 N–H and O–H groups in total. The number of carbonyl (C=O) groups is 1. The number of hydrogen-bond donors (Lipinski definition) is 1. The lowest BCUT2D eigenvalue weighted by molar-refractivity contribution is -0.119. The van der Waals surface area contributed by atoms with E-state index < -0.39 is 0 Å². The zero-order valence-corrected chi connectivity index (χ0v) is 14.3. The van der Waals surface area contributed by atoms with Crippen molar-refractivity contribution >= 4 is 17.5 Å². The number of halogens is 1. The number of nitrogens with zero attached hydrogens (tertiary/aromatic N) is 4. The van der Waals surface area contributed by atoms with Crippen LogP contribution in [0.15, 0.2) is 30.7 Å². The van der Waals surface area contributed by atoms with Crippen molar-refractivity contribution in [3.63, 3.8) is 0 Å². The molecule has 0 radical (unpaired) electrons. The highest BCUT2D eigenvalue weighted by molar-refractivity contribution is 6.30. The minimum atomic E-state index is -0.0708. The second-order valence-corrected chi connectivity index (χ2v) is 6.38. The van der Waals surface area contributed by atoms with Crippen LogP contribution < -0.4 is 5.32 Å². The molecule has 1 aliphatic rings. The van der Waals surface area contributed by atoms with Gasteiger partial charge in [0.1, 0.15) is 0 Å². The normalized spacial score (nSPS) is 17.8. The summed E-state index contributed by atoms with van der Waals surface area (Å²) in [6, 6.07) is 4.05. The monoisotopic (exact) mass is 345 g/mol. The van der Waals surface area contributed by atoms with Crippen LogP contribution in [-0.4, -0.2) is 32.3 Å². The number of rotatable bonds is 5. The van der Waals surface area contributed by atoms with Crippen molar-refractivity contribution < 1.29 is 4.79 Å². The molecule has 0 spiro atoms.